The van der Waals surface area contributed by atoms with Crippen LogP contribution in [0.15, 0.2) is 29.1 Å². The van der Waals surface area contributed by atoms with Crippen molar-refractivity contribution >= 4 is 0 Å². The Morgan fingerprint density at radius 3 is 2.58 bits per heavy atom. The van der Waals surface area contributed by atoms with E-state index in [4.69, 9.17) is 5.73 Å². The van der Waals surface area contributed by atoms with E-state index in [0.717, 1.165) is 36.1 Å². The maximum Gasteiger partial charge on any atom is 0.191 e. The topological polar surface area (TPSA) is 115 Å². The summed E-state index contributed by atoms with van der Waals surface area (Å²) in [6.07, 6.45) is 6.58. The molecule has 0 aliphatic heterocycles. The van der Waals surface area contributed by atoms with Crippen molar-refractivity contribution in [3.05, 3.63) is 40.4 Å². The van der Waals surface area contributed by atoms with Gasteiger partial charge in [0.15, 0.2) is 5.41 Å². The second-order valence-electron chi connectivity index (χ2n) is 6.45. The Hall–Kier alpha value is -3.04. The molecule has 1 heterocycles. The van der Waals surface area contributed by atoms with Crippen molar-refractivity contribution in [2.75, 3.05) is 0 Å². The van der Waals surface area contributed by atoms with E-state index in [2.05, 4.69) is 23.3 Å². The van der Waals surface area contributed by atoms with Crippen LogP contribution in [0.1, 0.15) is 36.4 Å². The molecule has 2 aliphatic rings. The van der Waals surface area contributed by atoms with Gasteiger partial charge in [0.2, 0.25) is 0 Å². The van der Waals surface area contributed by atoms with Gasteiger partial charge in [-0.15, -0.1) is 0 Å². The number of nitrogens with zero attached hydrogens (tertiary/aromatic N) is 5. The summed E-state index contributed by atoms with van der Waals surface area (Å²) in [4.78, 5) is 0. The van der Waals surface area contributed by atoms with E-state index in [9.17, 15) is 15.8 Å². The molecule has 0 bridgehead atoms. The number of nitrogens with two attached hydrogens (primary N) is 1. The largest absolute Gasteiger partial charge is 0.399 e. The smallest absolute Gasteiger partial charge is 0.191 e. The highest BCUT2D eigenvalue weighted by molar-refractivity contribution is 5.59. The maximum absolute atomic E-state index is 9.90. The third-order valence-corrected chi connectivity index (χ3v) is 5.19. The number of aromatic nitrogens is 2. The van der Waals surface area contributed by atoms with E-state index in [1.165, 1.54) is 0 Å². The molecule has 0 saturated heterocycles. The Balaban J connectivity index is 2.36. The summed E-state index contributed by atoms with van der Waals surface area (Å²) >= 11 is 0. The van der Waals surface area contributed by atoms with Crippen molar-refractivity contribution in [1.82, 2.24) is 9.78 Å². The minimum Gasteiger partial charge on any atom is -0.399 e. The first kappa shape index (κ1) is 15.8. The monoisotopic (exact) mass is 318 g/mol. The Morgan fingerprint density at radius 1 is 1.33 bits per heavy atom. The summed E-state index contributed by atoms with van der Waals surface area (Å²) in [5, 5.41) is 33.8. The fraction of sp³-hybridized carbons (Fsp3) is 0.444. The second-order valence-corrected chi connectivity index (χ2v) is 6.45. The van der Waals surface area contributed by atoms with E-state index in [0.29, 0.717) is 5.57 Å². The molecule has 1 aromatic rings. The molecule has 2 aliphatic carbocycles. The van der Waals surface area contributed by atoms with Gasteiger partial charge in [0.1, 0.15) is 6.07 Å². The molecule has 1 aromatic heterocycles. The van der Waals surface area contributed by atoms with Crippen molar-refractivity contribution in [1.29, 1.82) is 15.8 Å². The van der Waals surface area contributed by atoms with Gasteiger partial charge in [-0.1, -0.05) is 6.08 Å². The molecule has 0 unspecified atom stereocenters. The number of allylic oxidation sites excluding steroid dienone is 4. The Labute approximate surface area is 141 Å². The van der Waals surface area contributed by atoms with Crippen molar-refractivity contribution in [3.63, 3.8) is 0 Å². The molecule has 0 aromatic carbocycles. The van der Waals surface area contributed by atoms with E-state index < -0.39 is 11.3 Å². The van der Waals surface area contributed by atoms with Gasteiger partial charge < -0.3 is 5.73 Å². The number of rotatable bonds is 1. The molecular weight excluding hydrogens is 300 g/mol. The van der Waals surface area contributed by atoms with E-state index in [1.54, 1.807) is 4.68 Å². The minimum absolute atomic E-state index is 0.0668. The van der Waals surface area contributed by atoms with Crippen LogP contribution in [-0.2, 0) is 7.05 Å². The molecule has 0 saturated carbocycles. The Bertz CT molecular complexity index is 866. The summed E-state index contributed by atoms with van der Waals surface area (Å²) in [5.41, 5.74) is 7.60. The van der Waals surface area contributed by atoms with Crippen LogP contribution in [0.4, 0.5) is 0 Å². The fourth-order valence-electron chi connectivity index (χ4n) is 4.14. The molecule has 0 fully saturated rings. The predicted octanol–water partition coefficient (Wildman–Crippen LogP) is 2.32. The van der Waals surface area contributed by atoms with Gasteiger partial charge in [-0.2, -0.15) is 20.9 Å². The predicted molar refractivity (Wildman–Crippen MR) is 86.6 cm³/mol. The van der Waals surface area contributed by atoms with Crippen molar-refractivity contribution in [2.24, 2.45) is 24.1 Å². The second kappa shape index (κ2) is 5.55. The standard InChI is InChI=1S/C18H18N6/c1-11-15(8-24(2)23-11)16-13-6-4-3-5-12(13)14(7-19)17(22)18(16,9-20)10-21/h5,8,13,16H,3-4,6,22H2,1-2H3/t13-,16+/m1/s1. The van der Waals surface area contributed by atoms with Crippen LogP contribution >= 0.6 is 0 Å². The van der Waals surface area contributed by atoms with Crippen LogP contribution in [0.5, 0.6) is 0 Å². The third kappa shape index (κ3) is 1.95. The summed E-state index contributed by atoms with van der Waals surface area (Å²) in [6, 6.07) is 6.41. The highest BCUT2D eigenvalue weighted by Gasteiger charge is 2.54. The minimum atomic E-state index is -1.54. The molecule has 2 N–H and O–H groups in total. The summed E-state index contributed by atoms with van der Waals surface area (Å²) in [5.74, 6) is -0.479. The zero-order valence-electron chi connectivity index (χ0n) is 13.7. The van der Waals surface area contributed by atoms with Gasteiger partial charge in [-0.25, -0.2) is 0 Å². The number of fused-ring (bicyclic) bond motifs is 1. The summed E-state index contributed by atoms with van der Waals surface area (Å²) in [7, 11) is 1.82. The lowest BCUT2D eigenvalue weighted by Crippen LogP contribution is -2.42. The van der Waals surface area contributed by atoms with E-state index >= 15 is 0 Å². The molecule has 24 heavy (non-hydrogen) atoms. The Morgan fingerprint density at radius 2 is 2.04 bits per heavy atom. The lowest BCUT2D eigenvalue weighted by Gasteiger charge is -2.43. The van der Waals surface area contributed by atoms with Crippen molar-refractivity contribution in [2.45, 2.75) is 32.1 Å². The molecular formula is C18H18N6. The number of hydrogen-bond acceptors (Lipinski definition) is 5. The average Bonchev–Trinajstić information content (AvgIpc) is 2.92. The lowest BCUT2D eigenvalue weighted by molar-refractivity contribution is 0.316. The molecule has 0 radical (unpaired) electrons. The van der Waals surface area contributed by atoms with E-state index in [-0.39, 0.29) is 11.6 Å². The van der Waals surface area contributed by atoms with Gasteiger partial charge >= 0.3 is 0 Å². The molecule has 2 atom stereocenters. The van der Waals surface area contributed by atoms with Gasteiger partial charge in [0, 0.05) is 19.2 Å². The number of hydrogen-bond donors (Lipinski definition) is 1. The molecule has 3 rings (SSSR count). The lowest BCUT2D eigenvalue weighted by atomic mass is 9.57. The highest BCUT2D eigenvalue weighted by atomic mass is 15.2. The van der Waals surface area contributed by atoms with Crippen LogP contribution in [-0.4, -0.2) is 9.78 Å². The summed E-state index contributed by atoms with van der Waals surface area (Å²) < 4.78 is 1.69. The third-order valence-electron chi connectivity index (χ3n) is 5.19. The summed E-state index contributed by atoms with van der Waals surface area (Å²) in [6.45, 7) is 1.88. The zero-order chi connectivity index (χ0) is 17.5. The molecule has 0 amide bonds. The van der Waals surface area contributed by atoms with Crippen molar-refractivity contribution in [3.8, 4) is 18.2 Å². The molecule has 0 spiro atoms. The molecule has 6 heteroatoms. The SMILES string of the molecule is Cc1nn(C)cc1[C@@H]1[C@@H]2CCCC=C2C(C#N)=C(N)C1(C#N)C#N. The fourth-order valence-corrected chi connectivity index (χ4v) is 4.14. The average molecular weight is 318 g/mol. The van der Waals surface area contributed by atoms with Crippen LogP contribution in [0.2, 0.25) is 0 Å². The molecule has 6 nitrogen and oxygen atoms in total. The number of nitriles is 3. The highest BCUT2D eigenvalue weighted by Crippen LogP contribution is 2.56. The zero-order valence-corrected chi connectivity index (χ0v) is 13.7. The van der Waals surface area contributed by atoms with Gasteiger partial charge in [0.05, 0.1) is 29.1 Å². The van der Waals surface area contributed by atoms with Crippen LogP contribution in [0.25, 0.3) is 0 Å². The first-order valence-corrected chi connectivity index (χ1v) is 7.93. The Kier molecular flexibility index (Phi) is 3.66. The first-order chi connectivity index (χ1) is 11.5. The van der Waals surface area contributed by atoms with Gasteiger partial charge in [-0.05, 0) is 43.2 Å². The van der Waals surface area contributed by atoms with Gasteiger partial charge in [-0.3, -0.25) is 4.68 Å². The van der Waals surface area contributed by atoms with Crippen molar-refractivity contribution < 1.29 is 0 Å². The van der Waals surface area contributed by atoms with E-state index in [1.807, 2.05) is 26.2 Å². The van der Waals surface area contributed by atoms with Crippen LogP contribution < -0.4 is 5.73 Å². The first-order valence-electron chi connectivity index (χ1n) is 7.93. The molecule has 120 valence electrons. The van der Waals surface area contributed by atoms with Crippen LogP contribution in [0.3, 0.4) is 0 Å². The number of aryl methyl sites for hydroxylation is 2. The maximum atomic E-state index is 9.90. The normalized spacial score (nSPS) is 25.0. The van der Waals surface area contributed by atoms with Gasteiger partial charge in [0.25, 0.3) is 0 Å². The quantitative estimate of drug-likeness (QED) is 0.853. The van der Waals surface area contributed by atoms with Crippen LogP contribution in [0, 0.1) is 52.2 Å².